The van der Waals surface area contributed by atoms with Gasteiger partial charge in [-0.15, -0.1) is 21.5 Å². The average molecular weight is 540 g/mol. The highest BCUT2D eigenvalue weighted by Gasteiger charge is 2.33. The molecule has 1 aliphatic heterocycles. The molecule has 198 valence electrons. The van der Waals surface area contributed by atoms with Gasteiger partial charge in [0.1, 0.15) is 10.8 Å². The van der Waals surface area contributed by atoms with Crippen molar-refractivity contribution in [2.24, 2.45) is 5.73 Å². The molecule has 3 aromatic heterocycles. The molecule has 6 rings (SSSR count). The smallest absolute Gasteiger partial charge is 0.254 e. The largest absolute Gasteiger partial charge is 0.464 e. The van der Waals surface area contributed by atoms with Crippen LogP contribution in [0.5, 0.6) is 0 Å². The Morgan fingerprint density at radius 3 is 2.69 bits per heavy atom. The van der Waals surface area contributed by atoms with E-state index in [1.54, 1.807) is 23.7 Å². The number of carbonyl (C=O) groups is 1. The minimum atomic E-state index is -0.863. The quantitative estimate of drug-likeness (QED) is 0.264. The van der Waals surface area contributed by atoms with Crippen molar-refractivity contribution in [3.05, 3.63) is 100 Å². The predicted octanol–water partition coefficient (Wildman–Crippen LogP) is 6.16. The van der Waals surface area contributed by atoms with Gasteiger partial charge in [-0.05, 0) is 69.0 Å². The molecule has 0 saturated carbocycles. The third-order valence-electron chi connectivity index (χ3n) is 7.00. The van der Waals surface area contributed by atoms with Gasteiger partial charge in [-0.2, -0.15) is 0 Å². The summed E-state index contributed by atoms with van der Waals surface area (Å²) in [6, 6.07) is 19.2. The Bertz CT molecular complexity index is 1590. The third kappa shape index (κ3) is 5.15. The number of aryl methyl sites for hydroxylation is 1. The van der Waals surface area contributed by atoms with E-state index in [4.69, 9.17) is 14.6 Å². The lowest BCUT2D eigenvalue weighted by Gasteiger charge is -2.23. The number of hydrogen-bond acceptors (Lipinski definition) is 8. The van der Waals surface area contributed by atoms with Gasteiger partial charge < -0.3 is 19.5 Å². The minimum Gasteiger partial charge on any atom is -0.464 e. The molecule has 5 aromatic rings. The number of nitrogens with zero attached hydrogens (tertiary/aromatic N) is 4. The van der Waals surface area contributed by atoms with Crippen molar-refractivity contribution < 1.29 is 13.6 Å². The van der Waals surface area contributed by atoms with Crippen LogP contribution in [0.25, 0.3) is 22.8 Å². The molecule has 0 bridgehead atoms. The van der Waals surface area contributed by atoms with E-state index in [0.717, 1.165) is 34.7 Å². The number of nitrogens with two attached hydrogens (primary N) is 1. The van der Waals surface area contributed by atoms with Gasteiger partial charge in [-0.1, -0.05) is 30.3 Å². The van der Waals surface area contributed by atoms with Crippen LogP contribution in [0, 0.1) is 6.92 Å². The number of likely N-dealkylation sites (tertiary alicyclic amines) is 1. The van der Waals surface area contributed by atoms with Crippen molar-refractivity contribution in [1.82, 2.24) is 20.1 Å². The fourth-order valence-electron chi connectivity index (χ4n) is 5.08. The number of furan rings is 1. The molecule has 2 aromatic carbocycles. The maximum Gasteiger partial charge on any atom is 0.254 e. The predicted molar refractivity (Wildman–Crippen MR) is 149 cm³/mol. The molecule has 0 spiro atoms. The highest BCUT2D eigenvalue weighted by molar-refractivity contribution is 7.09. The van der Waals surface area contributed by atoms with E-state index in [0.29, 0.717) is 41.6 Å². The number of aromatic nitrogens is 3. The van der Waals surface area contributed by atoms with Gasteiger partial charge >= 0.3 is 0 Å². The Labute approximate surface area is 230 Å². The van der Waals surface area contributed by atoms with E-state index in [-0.39, 0.29) is 11.9 Å². The summed E-state index contributed by atoms with van der Waals surface area (Å²) >= 11 is 1.60. The van der Waals surface area contributed by atoms with Crippen molar-refractivity contribution >= 4 is 17.2 Å². The van der Waals surface area contributed by atoms with E-state index in [1.165, 1.54) is 0 Å². The fourth-order valence-corrected chi connectivity index (χ4v) is 6.03. The Morgan fingerprint density at radius 1 is 1.13 bits per heavy atom. The van der Waals surface area contributed by atoms with Crippen LogP contribution >= 0.6 is 11.3 Å². The van der Waals surface area contributed by atoms with Crippen LogP contribution in [0.3, 0.4) is 0 Å². The summed E-state index contributed by atoms with van der Waals surface area (Å²) in [6.45, 7) is 4.53. The van der Waals surface area contributed by atoms with Crippen molar-refractivity contribution in [1.29, 1.82) is 0 Å². The summed E-state index contributed by atoms with van der Waals surface area (Å²) in [5.41, 5.74) is 9.72. The molecular formula is C30H29N5O3S. The fraction of sp³-hybridized carbons (Fsp3) is 0.267. The lowest BCUT2D eigenvalue weighted by molar-refractivity contribution is 0.0735. The number of thiazole rings is 1. The van der Waals surface area contributed by atoms with E-state index in [2.05, 4.69) is 15.2 Å². The molecule has 4 heterocycles. The first kappa shape index (κ1) is 25.2. The maximum absolute atomic E-state index is 13.9. The molecule has 9 heteroatoms. The Balaban J connectivity index is 1.35. The molecule has 8 nitrogen and oxygen atoms in total. The molecular weight excluding hydrogens is 510 g/mol. The molecule has 0 aliphatic carbocycles. The van der Waals surface area contributed by atoms with Crippen LogP contribution in [0.4, 0.5) is 0 Å². The summed E-state index contributed by atoms with van der Waals surface area (Å²) in [5.74, 6) is 1.21. The van der Waals surface area contributed by atoms with Gasteiger partial charge in [0.25, 0.3) is 5.91 Å². The summed E-state index contributed by atoms with van der Waals surface area (Å²) in [4.78, 5) is 20.5. The highest BCUT2D eigenvalue weighted by Crippen LogP contribution is 2.36. The van der Waals surface area contributed by atoms with Gasteiger partial charge in [0.2, 0.25) is 11.8 Å². The van der Waals surface area contributed by atoms with Crippen LogP contribution < -0.4 is 5.73 Å². The number of carbonyl (C=O) groups excluding carboxylic acids is 1. The molecule has 0 radical (unpaired) electrons. The molecule has 1 amide bonds. The molecule has 2 N–H and O–H groups in total. The molecule has 1 fully saturated rings. The van der Waals surface area contributed by atoms with E-state index < -0.39 is 5.54 Å². The van der Waals surface area contributed by atoms with Crippen molar-refractivity contribution in [2.45, 2.75) is 44.7 Å². The summed E-state index contributed by atoms with van der Waals surface area (Å²) in [7, 11) is 0. The molecule has 1 saturated heterocycles. The summed E-state index contributed by atoms with van der Waals surface area (Å²) < 4.78 is 11.8. The van der Waals surface area contributed by atoms with Gasteiger partial charge in [-0.25, -0.2) is 4.98 Å². The lowest BCUT2D eigenvalue weighted by Crippen LogP contribution is -2.35. The van der Waals surface area contributed by atoms with Gasteiger partial charge in [0.15, 0.2) is 0 Å². The molecule has 0 unspecified atom stereocenters. The Kier molecular flexibility index (Phi) is 6.62. The number of hydrogen-bond donors (Lipinski definition) is 1. The Hall–Kier alpha value is -4.08. The van der Waals surface area contributed by atoms with Crippen molar-refractivity contribution in [3.8, 4) is 22.8 Å². The van der Waals surface area contributed by atoms with E-state index >= 15 is 0 Å². The first-order valence-corrected chi connectivity index (χ1v) is 13.8. The van der Waals surface area contributed by atoms with Crippen LogP contribution in [0.15, 0.2) is 81.1 Å². The first-order chi connectivity index (χ1) is 18.9. The van der Waals surface area contributed by atoms with Crippen LogP contribution in [-0.2, 0) is 12.0 Å². The topological polar surface area (TPSA) is 111 Å². The normalized spacial score (nSPS) is 16.9. The molecule has 1 aliphatic rings. The van der Waals surface area contributed by atoms with Crippen LogP contribution in [-0.4, -0.2) is 32.5 Å². The molecule has 39 heavy (non-hydrogen) atoms. The second-order valence-electron chi connectivity index (χ2n) is 10.3. The minimum absolute atomic E-state index is 0.0298. The second-order valence-corrected chi connectivity index (χ2v) is 11.1. The standard InChI is InChI=1S/C30H29N5O3S/c1-19-18-39-27(32-19)24-10-6-12-35(24)28(36)23-15-21(25-11-7-13-37-25)14-22(16-23)26-33-34-29(38-26)30(2,31)17-20-8-4-3-5-9-20/h3-5,7-9,11,13-16,18,24H,6,10,12,17,31H2,1-2H3/t24-,30+/m1/s1. The van der Waals surface area contributed by atoms with E-state index in [9.17, 15) is 4.79 Å². The SMILES string of the molecule is Cc1csc([C@H]2CCCN2C(=O)c2cc(-c3ccco3)cc(-c3nnc([C@@](C)(N)Cc4ccccc4)o3)c2)n1. The number of benzene rings is 2. The zero-order chi connectivity index (χ0) is 27.0. The van der Waals surface area contributed by atoms with Gasteiger partial charge in [0, 0.05) is 34.3 Å². The average Bonchev–Trinajstić information content (AvgIpc) is 3.74. The van der Waals surface area contributed by atoms with Crippen LogP contribution in [0.2, 0.25) is 0 Å². The van der Waals surface area contributed by atoms with Gasteiger partial charge in [0.05, 0.1) is 17.8 Å². The number of rotatable bonds is 7. The summed E-state index contributed by atoms with van der Waals surface area (Å²) in [6.07, 6.45) is 3.98. The monoisotopic (exact) mass is 539 g/mol. The summed E-state index contributed by atoms with van der Waals surface area (Å²) in [5, 5.41) is 11.6. The number of amides is 1. The highest BCUT2D eigenvalue weighted by atomic mass is 32.1. The Morgan fingerprint density at radius 2 is 1.95 bits per heavy atom. The zero-order valence-corrected chi connectivity index (χ0v) is 22.6. The maximum atomic E-state index is 13.9. The lowest BCUT2D eigenvalue weighted by atomic mass is 9.94. The second kappa shape index (κ2) is 10.2. The first-order valence-electron chi connectivity index (χ1n) is 13.0. The third-order valence-corrected chi connectivity index (χ3v) is 8.06. The van der Waals surface area contributed by atoms with Crippen LogP contribution in [0.1, 0.15) is 58.3 Å². The zero-order valence-electron chi connectivity index (χ0n) is 21.8. The van der Waals surface area contributed by atoms with Gasteiger partial charge in [-0.3, -0.25) is 4.79 Å². The molecule has 2 atom stereocenters. The van der Waals surface area contributed by atoms with Crippen molar-refractivity contribution in [3.63, 3.8) is 0 Å². The van der Waals surface area contributed by atoms with E-state index in [1.807, 2.05) is 78.7 Å². The van der Waals surface area contributed by atoms with Crippen molar-refractivity contribution in [2.75, 3.05) is 6.54 Å².